The molecule has 2 nitrogen and oxygen atoms in total. The van der Waals surface area contributed by atoms with Gasteiger partial charge in [-0.15, -0.1) is 0 Å². The maximum Gasteiger partial charge on any atom is 0.0641 e. The van der Waals surface area contributed by atoms with E-state index in [1.165, 1.54) is 0 Å². The van der Waals surface area contributed by atoms with Crippen LogP contribution in [0.5, 0.6) is 0 Å². The van der Waals surface area contributed by atoms with Crippen molar-refractivity contribution < 1.29 is 0 Å². The number of allylic oxidation sites excluding steroid dienone is 4. The molecule has 0 rings (SSSR count). The van der Waals surface area contributed by atoms with E-state index in [4.69, 9.17) is 5.84 Å². The second kappa shape index (κ2) is 4.56. The largest absolute Gasteiger partial charge is 0.323 e. The third-order valence-electron chi connectivity index (χ3n) is 1.13. The molecule has 0 heterocycles. The molecule has 0 radical (unpaired) electrons. The van der Waals surface area contributed by atoms with E-state index in [0.29, 0.717) is 0 Å². The molecular weight excluding hydrogens is 124 g/mol. The second-order valence-electron chi connectivity index (χ2n) is 1.78. The van der Waals surface area contributed by atoms with Gasteiger partial charge in [-0.3, -0.25) is 0 Å². The summed E-state index contributed by atoms with van der Waals surface area (Å²) in [6.07, 6.45) is 5.16. The van der Waals surface area contributed by atoms with Crippen molar-refractivity contribution >= 4 is 5.71 Å². The highest BCUT2D eigenvalue weighted by atomic mass is 15.1. The lowest BCUT2D eigenvalue weighted by molar-refractivity contribution is 1.24. The zero-order valence-corrected chi connectivity index (χ0v) is 6.17. The monoisotopic (exact) mass is 136 g/mol. The number of hydrogen-bond donors (Lipinski definition) is 1. The molecule has 0 aromatic rings. The highest BCUT2D eigenvalue weighted by Gasteiger charge is 1.92. The van der Waals surface area contributed by atoms with Gasteiger partial charge in [-0.2, -0.15) is 5.10 Å². The molecule has 0 aliphatic heterocycles. The van der Waals surface area contributed by atoms with Crippen molar-refractivity contribution in [3.8, 4) is 0 Å². The summed E-state index contributed by atoms with van der Waals surface area (Å²) in [6.45, 7) is 8.96. The Morgan fingerprint density at radius 2 is 2.10 bits per heavy atom. The normalized spacial score (nSPS) is 12.9. The van der Waals surface area contributed by atoms with Crippen LogP contribution in [-0.2, 0) is 0 Å². The number of nitrogens with two attached hydrogens (primary N) is 1. The molecule has 0 aromatic carbocycles. The molecule has 0 saturated carbocycles. The third-order valence-corrected chi connectivity index (χ3v) is 1.13. The smallest absolute Gasteiger partial charge is 0.0641 e. The van der Waals surface area contributed by atoms with Crippen LogP contribution in [0.15, 0.2) is 42.1 Å². The van der Waals surface area contributed by atoms with Gasteiger partial charge in [-0.1, -0.05) is 31.4 Å². The fourth-order valence-corrected chi connectivity index (χ4v) is 0.538. The van der Waals surface area contributed by atoms with Crippen molar-refractivity contribution in [2.45, 2.75) is 6.92 Å². The summed E-state index contributed by atoms with van der Waals surface area (Å²) in [5.74, 6) is 5.04. The predicted molar refractivity (Wildman–Crippen MR) is 45.8 cm³/mol. The van der Waals surface area contributed by atoms with Gasteiger partial charge in [0.25, 0.3) is 0 Å². The fourth-order valence-electron chi connectivity index (χ4n) is 0.538. The number of rotatable bonds is 3. The van der Waals surface area contributed by atoms with Crippen LogP contribution in [0.2, 0.25) is 0 Å². The first kappa shape index (κ1) is 8.69. The van der Waals surface area contributed by atoms with Gasteiger partial charge in [0.05, 0.1) is 5.71 Å². The molecule has 0 amide bonds. The summed E-state index contributed by atoms with van der Waals surface area (Å²) < 4.78 is 0. The van der Waals surface area contributed by atoms with Crippen LogP contribution in [0, 0.1) is 0 Å². The molecule has 0 bridgehead atoms. The summed E-state index contributed by atoms with van der Waals surface area (Å²) in [7, 11) is 0. The predicted octanol–water partition coefficient (Wildman–Crippen LogP) is 1.62. The maximum atomic E-state index is 5.04. The van der Waals surface area contributed by atoms with E-state index in [1.54, 1.807) is 18.2 Å². The highest BCUT2D eigenvalue weighted by Crippen LogP contribution is 1.97. The third kappa shape index (κ3) is 2.31. The lowest BCUT2D eigenvalue weighted by Gasteiger charge is -1.95. The number of hydrogen-bond acceptors (Lipinski definition) is 2. The molecular formula is C8H12N2. The molecule has 10 heavy (non-hydrogen) atoms. The van der Waals surface area contributed by atoms with Crippen LogP contribution >= 0.6 is 0 Å². The van der Waals surface area contributed by atoms with Crippen LogP contribution in [0.3, 0.4) is 0 Å². The van der Waals surface area contributed by atoms with Crippen LogP contribution < -0.4 is 5.84 Å². The molecule has 2 heteroatoms. The highest BCUT2D eigenvalue weighted by molar-refractivity contribution is 6.00. The average Bonchev–Trinajstić information content (AvgIpc) is 1.99. The van der Waals surface area contributed by atoms with Gasteiger partial charge in [0.2, 0.25) is 0 Å². The molecule has 0 aromatic heterocycles. The van der Waals surface area contributed by atoms with E-state index in [2.05, 4.69) is 18.3 Å². The summed E-state index contributed by atoms with van der Waals surface area (Å²) in [6, 6.07) is 0. The molecule has 54 valence electrons. The molecule has 0 unspecified atom stereocenters. The van der Waals surface area contributed by atoms with Crippen molar-refractivity contribution in [2.75, 3.05) is 0 Å². The van der Waals surface area contributed by atoms with Crippen LogP contribution in [0.25, 0.3) is 0 Å². The Kier molecular flexibility index (Phi) is 3.96. The topological polar surface area (TPSA) is 38.4 Å². The van der Waals surface area contributed by atoms with Crippen molar-refractivity contribution in [2.24, 2.45) is 10.9 Å². The first-order valence-electron chi connectivity index (χ1n) is 2.96. The Bertz CT molecular complexity index is 187. The molecule has 0 spiro atoms. The van der Waals surface area contributed by atoms with Gasteiger partial charge in [-0.05, 0) is 12.5 Å². The summed E-state index contributed by atoms with van der Waals surface area (Å²) in [5, 5.41) is 3.51. The standard InChI is InChI=1S/C8H12N2/c1-4-6-8(5-2)7(3)10-9/h4-6H,1-2,9H2,3H3/b8-6+,10-7+. The molecule has 0 saturated heterocycles. The minimum Gasteiger partial charge on any atom is -0.323 e. The molecule has 2 N–H and O–H groups in total. The molecule has 0 aliphatic carbocycles. The van der Waals surface area contributed by atoms with Gasteiger partial charge < -0.3 is 5.84 Å². The lowest BCUT2D eigenvalue weighted by atomic mass is 10.1. The van der Waals surface area contributed by atoms with Crippen LogP contribution in [0.4, 0.5) is 0 Å². The first-order chi connectivity index (χ1) is 4.76. The van der Waals surface area contributed by atoms with Crippen LogP contribution in [0.1, 0.15) is 6.92 Å². The zero-order valence-electron chi connectivity index (χ0n) is 6.17. The quantitative estimate of drug-likeness (QED) is 0.272. The first-order valence-corrected chi connectivity index (χ1v) is 2.96. The van der Waals surface area contributed by atoms with Crippen molar-refractivity contribution in [1.82, 2.24) is 0 Å². The van der Waals surface area contributed by atoms with Gasteiger partial charge in [-0.25, -0.2) is 0 Å². The van der Waals surface area contributed by atoms with E-state index < -0.39 is 0 Å². The Labute approximate surface area is 61.4 Å². The SMILES string of the molecule is C=C/C=C(C=C)/C(C)=N/N. The Morgan fingerprint density at radius 3 is 2.40 bits per heavy atom. The second-order valence-corrected chi connectivity index (χ2v) is 1.78. The minimum absolute atomic E-state index is 0.759. The van der Waals surface area contributed by atoms with Gasteiger partial charge in [0, 0.05) is 0 Å². The van der Waals surface area contributed by atoms with Crippen molar-refractivity contribution in [1.29, 1.82) is 0 Å². The molecule has 0 aliphatic rings. The van der Waals surface area contributed by atoms with Crippen LogP contribution in [-0.4, -0.2) is 5.71 Å². The van der Waals surface area contributed by atoms with Gasteiger partial charge in [0.15, 0.2) is 0 Å². The van der Waals surface area contributed by atoms with Gasteiger partial charge >= 0.3 is 0 Å². The Morgan fingerprint density at radius 1 is 1.50 bits per heavy atom. The van der Waals surface area contributed by atoms with Crippen molar-refractivity contribution in [3.63, 3.8) is 0 Å². The zero-order chi connectivity index (χ0) is 7.98. The van der Waals surface area contributed by atoms with E-state index in [0.717, 1.165) is 11.3 Å². The fraction of sp³-hybridized carbons (Fsp3) is 0.125. The number of nitrogens with zero attached hydrogens (tertiary/aromatic N) is 1. The summed E-state index contributed by atoms with van der Waals surface area (Å²) in [5.41, 5.74) is 1.66. The average molecular weight is 136 g/mol. The molecule has 0 atom stereocenters. The van der Waals surface area contributed by atoms with Gasteiger partial charge in [0.1, 0.15) is 0 Å². The van der Waals surface area contributed by atoms with E-state index >= 15 is 0 Å². The minimum atomic E-state index is 0.759. The van der Waals surface area contributed by atoms with E-state index in [9.17, 15) is 0 Å². The Balaban J connectivity index is 4.51. The summed E-state index contributed by atoms with van der Waals surface area (Å²) >= 11 is 0. The maximum absolute atomic E-state index is 5.04. The van der Waals surface area contributed by atoms with E-state index in [-0.39, 0.29) is 0 Å². The van der Waals surface area contributed by atoms with Crippen molar-refractivity contribution in [3.05, 3.63) is 37.0 Å². The lowest BCUT2D eigenvalue weighted by Crippen LogP contribution is -1.97. The number of hydrazone groups is 1. The summed E-state index contributed by atoms with van der Waals surface area (Å²) in [4.78, 5) is 0. The van der Waals surface area contributed by atoms with E-state index in [1.807, 2.05) is 6.92 Å². The molecule has 0 fully saturated rings. The Hall–Kier alpha value is -1.31.